The first kappa shape index (κ1) is 15.3. The van der Waals surface area contributed by atoms with Crippen LogP contribution in [0.4, 0.5) is 5.69 Å². The van der Waals surface area contributed by atoms with E-state index in [9.17, 15) is 0 Å². The third kappa shape index (κ3) is 3.74. The van der Waals surface area contributed by atoms with Crippen molar-refractivity contribution in [3.8, 4) is 0 Å². The van der Waals surface area contributed by atoms with Crippen LogP contribution in [0.2, 0.25) is 0 Å². The van der Waals surface area contributed by atoms with Crippen molar-refractivity contribution in [1.29, 1.82) is 0 Å². The van der Waals surface area contributed by atoms with E-state index < -0.39 is 0 Å². The van der Waals surface area contributed by atoms with Crippen LogP contribution in [-0.2, 0) is 0 Å². The van der Waals surface area contributed by atoms with Crippen LogP contribution in [0.15, 0.2) is 24.3 Å². The molecule has 0 bridgehead atoms. The number of benzene rings is 1. The lowest BCUT2D eigenvalue weighted by Gasteiger charge is -2.21. The maximum absolute atomic E-state index is 9.03. The zero-order chi connectivity index (χ0) is 14.4. The highest BCUT2D eigenvalue weighted by Gasteiger charge is 2.22. The van der Waals surface area contributed by atoms with Gasteiger partial charge in [-0.3, -0.25) is 0 Å². The van der Waals surface area contributed by atoms with E-state index in [1.807, 2.05) is 0 Å². The summed E-state index contributed by atoms with van der Waals surface area (Å²) in [7, 11) is 0. The molecular weight excluding hydrogens is 248 g/mol. The van der Waals surface area contributed by atoms with Crippen molar-refractivity contribution in [1.82, 2.24) is 5.32 Å². The molecule has 0 radical (unpaired) electrons. The number of aliphatic hydroxyl groups is 1. The second-order valence-electron chi connectivity index (χ2n) is 5.72. The minimum Gasteiger partial charge on any atom is -0.396 e. The van der Waals surface area contributed by atoms with Crippen LogP contribution in [0.3, 0.4) is 0 Å². The molecule has 1 aliphatic rings. The maximum atomic E-state index is 9.03. The Kier molecular flexibility index (Phi) is 5.86. The number of aliphatic hydroxyl groups excluding tert-OH is 1. The van der Waals surface area contributed by atoms with E-state index in [0.29, 0.717) is 18.6 Å². The van der Waals surface area contributed by atoms with Crippen LogP contribution in [0.1, 0.15) is 44.7 Å². The van der Waals surface area contributed by atoms with Crippen LogP contribution >= 0.6 is 0 Å². The summed E-state index contributed by atoms with van der Waals surface area (Å²) in [4.78, 5) is 2.44. The van der Waals surface area contributed by atoms with Gasteiger partial charge in [-0.05, 0) is 49.4 Å². The Morgan fingerprint density at radius 3 is 2.65 bits per heavy atom. The van der Waals surface area contributed by atoms with Crippen molar-refractivity contribution < 1.29 is 5.11 Å². The van der Waals surface area contributed by atoms with Crippen molar-refractivity contribution in [2.45, 2.75) is 39.2 Å². The minimum absolute atomic E-state index is 0.318. The van der Waals surface area contributed by atoms with Crippen LogP contribution in [0.5, 0.6) is 0 Å². The Labute approximate surface area is 123 Å². The fourth-order valence-electron chi connectivity index (χ4n) is 3.15. The molecule has 0 aromatic heterocycles. The lowest BCUT2D eigenvalue weighted by molar-refractivity contribution is 0.263. The summed E-state index contributed by atoms with van der Waals surface area (Å²) >= 11 is 0. The van der Waals surface area contributed by atoms with Crippen molar-refractivity contribution in [2.75, 3.05) is 31.1 Å². The van der Waals surface area contributed by atoms with E-state index in [2.05, 4.69) is 48.3 Å². The third-order valence-corrected chi connectivity index (χ3v) is 4.34. The monoisotopic (exact) mass is 276 g/mol. The van der Waals surface area contributed by atoms with Gasteiger partial charge in [-0.25, -0.2) is 0 Å². The van der Waals surface area contributed by atoms with Crippen molar-refractivity contribution in [3.05, 3.63) is 29.8 Å². The highest BCUT2D eigenvalue weighted by Crippen LogP contribution is 2.27. The van der Waals surface area contributed by atoms with Crippen LogP contribution < -0.4 is 10.2 Å². The fourth-order valence-corrected chi connectivity index (χ4v) is 3.15. The molecule has 2 unspecified atom stereocenters. The predicted molar refractivity (Wildman–Crippen MR) is 85.2 cm³/mol. The van der Waals surface area contributed by atoms with E-state index in [0.717, 1.165) is 32.5 Å². The second-order valence-corrected chi connectivity index (χ2v) is 5.72. The Balaban J connectivity index is 1.98. The minimum atomic E-state index is 0.318. The zero-order valence-corrected chi connectivity index (χ0v) is 12.8. The van der Waals surface area contributed by atoms with Crippen molar-refractivity contribution in [3.63, 3.8) is 0 Å². The molecule has 2 atom stereocenters. The lowest BCUT2D eigenvalue weighted by atomic mass is 10.0. The Hall–Kier alpha value is -1.06. The Morgan fingerprint density at radius 1 is 1.30 bits per heavy atom. The summed E-state index contributed by atoms with van der Waals surface area (Å²) in [5.41, 5.74) is 2.70. The normalized spacial score (nSPS) is 20.4. The van der Waals surface area contributed by atoms with Crippen molar-refractivity contribution in [2.24, 2.45) is 5.92 Å². The molecule has 0 amide bonds. The molecule has 3 heteroatoms. The van der Waals surface area contributed by atoms with Crippen LogP contribution in [0.25, 0.3) is 0 Å². The summed E-state index contributed by atoms with van der Waals surface area (Å²) in [5.74, 6) is 0.657. The summed E-state index contributed by atoms with van der Waals surface area (Å²) in [5, 5.41) is 12.6. The molecule has 20 heavy (non-hydrogen) atoms. The SMILES string of the molecule is CCNC(CC)c1ccc(N2CCC(CCO)C2)cc1. The number of hydrogen-bond acceptors (Lipinski definition) is 3. The average Bonchev–Trinajstić information content (AvgIpc) is 2.94. The largest absolute Gasteiger partial charge is 0.396 e. The molecule has 0 aliphatic carbocycles. The van der Waals surface area contributed by atoms with Gasteiger partial charge in [0.2, 0.25) is 0 Å². The van der Waals surface area contributed by atoms with Crippen LogP contribution in [-0.4, -0.2) is 31.3 Å². The predicted octanol–water partition coefficient (Wildman–Crippen LogP) is 2.96. The molecule has 1 aromatic carbocycles. The number of nitrogens with one attached hydrogen (secondary N) is 1. The molecule has 1 aliphatic heterocycles. The standard InChI is InChI=1S/C17H28N2O/c1-3-17(18-4-2)15-5-7-16(8-6-15)19-11-9-14(13-19)10-12-20/h5-8,14,17-18,20H,3-4,9-13H2,1-2H3. The third-order valence-electron chi connectivity index (χ3n) is 4.34. The number of anilines is 1. The highest BCUT2D eigenvalue weighted by molar-refractivity contribution is 5.49. The highest BCUT2D eigenvalue weighted by atomic mass is 16.3. The van der Waals surface area contributed by atoms with Crippen LogP contribution in [0, 0.1) is 5.92 Å². The van der Waals surface area contributed by atoms with Gasteiger partial charge in [0.25, 0.3) is 0 Å². The molecule has 0 saturated carbocycles. The molecule has 1 saturated heterocycles. The van der Waals surface area contributed by atoms with E-state index >= 15 is 0 Å². The van der Waals surface area contributed by atoms with Gasteiger partial charge in [0.1, 0.15) is 0 Å². The first-order valence-electron chi connectivity index (χ1n) is 7.97. The maximum Gasteiger partial charge on any atom is 0.0434 e. The Bertz CT molecular complexity index is 390. The van der Waals surface area contributed by atoms with Gasteiger partial charge in [0, 0.05) is 31.4 Å². The van der Waals surface area contributed by atoms with Gasteiger partial charge in [-0.2, -0.15) is 0 Å². The van der Waals surface area contributed by atoms with E-state index in [4.69, 9.17) is 5.11 Å². The molecule has 1 aromatic rings. The Morgan fingerprint density at radius 2 is 2.05 bits per heavy atom. The molecule has 1 heterocycles. The summed E-state index contributed by atoms with van der Waals surface area (Å²) < 4.78 is 0. The van der Waals surface area contributed by atoms with Gasteiger partial charge in [-0.1, -0.05) is 26.0 Å². The molecule has 112 valence electrons. The van der Waals surface area contributed by atoms with E-state index in [1.165, 1.54) is 17.7 Å². The van der Waals surface area contributed by atoms with Gasteiger partial charge in [-0.15, -0.1) is 0 Å². The zero-order valence-electron chi connectivity index (χ0n) is 12.8. The fraction of sp³-hybridized carbons (Fsp3) is 0.647. The summed E-state index contributed by atoms with van der Waals surface area (Å²) in [6, 6.07) is 9.47. The van der Waals surface area contributed by atoms with Gasteiger partial charge < -0.3 is 15.3 Å². The van der Waals surface area contributed by atoms with E-state index in [1.54, 1.807) is 0 Å². The van der Waals surface area contributed by atoms with Gasteiger partial charge in [0.15, 0.2) is 0 Å². The van der Waals surface area contributed by atoms with E-state index in [-0.39, 0.29) is 0 Å². The topological polar surface area (TPSA) is 35.5 Å². The molecule has 2 N–H and O–H groups in total. The number of nitrogens with zero attached hydrogens (tertiary/aromatic N) is 1. The average molecular weight is 276 g/mol. The second kappa shape index (κ2) is 7.65. The molecule has 3 nitrogen and oxygen atoms in total. The summed E-state index contributed by atoms with van der Waals surface area (Å²) in [6.45, 7) is 7.91. The van der Waals surface area contributed by atoms with Gasteiger partial charge >= 0.3 is 0 Å². The van der Waals surface area contributed by atoms with Crippen molar-refractivity contribution >= 4 is 5.69 Å². The lowest BCUT2D eigenvalue weighted by Crippen LogP contribution is -2.21. The number of hydrogen-bond donors (Lipinski definition) is 2. The first-order chi connectivity index (χ1) is 9.78. The first-order valence-corrected chi connectivity index (χ1v) is 7.97. The smallest absolute Gasteiger partial charge is 0.0434 e. The quantitative estimate of drug-likeness (QED) is 0.804. The molecular formula is C17H28N2O. The molecule has 0 spiro atoms. The van der Waals surface area contributed by atoms with Gasteiger partial charge in [0.05, 0.1) is 0 Å². The molecule has 1 fully saturated rings. The number of rotatable bonds is 7. The summed E-state index contributed by atoms with van der Waals surface area (Å²) in [6.07, 6.45) is 3.26. The molecule has 2 rings (SSSR count).